The Bertz CT molecular complexity index is 847. The molecule has 4 rings (SSSR count). The minimum Gasteiger partial charge on any atom is -0.494 e. The first kappa shape index (κ1) is 15.8. The Kier molecular flexibility index (Phi) is 3.79. The van der Waals surface area contributed by atoms with Crippen molar-refractivity contribution in [2.45, 2.75) is 39.5 Å². The van der Waals surface area contributed by atoms with Crippen molar-refractivity contribution in [2.24, 2.45) is 0 Å². The Morgan fingerprint density at radius 2 is 2.12 bits per heavy atom. The number of rotatable bonds is 3. The first-order chi connectivity index (χ1) is 12.1. The number of hydrogen-bond acceptors (Lipinski definition) is 4. The van der Waals surface area contributed by atoms with Crippen LogP contribution in [0.25, 0.3) is 0 Å². The van der Waals surface area contributed by atoms with Gasteiger partial charge in [0.05, 0.1) is 12.2 Å². The van der Waals surface area contributed by atoms with Gasteiger partial charge in [-0.3, -0.25) is 4.79 Å². The molecule has 2 heterocycles. The molecule has 130 valence electrons. The summed E-state index contributed by atoms with van der Waals surface area (Å²) in [4.78, 5) is 12.6. The van der Waals surface area contributed by atoms with E-state index in [1.807, 2.05) is 44.2 Å². The molecule has 5 heteroatoms. The van der Waals surface area contributed by atoms with Crippen LogP contribution in [0.15, 0.2) is 30.3 Å². The van der Waals surface area contributed by atoms with Crippen LogP contribution >= 0.6 is 0 Å². The van der Waals surface area contributed by atoms with Gasteiger partial charge in [-0.05, 0) is 44.5 Å². The maximum absolute atomic E-state index is 12.6. The van der Waals surface area contributed by atoms with E-state index in [-0.39, 0.29) is 18.2 Å². The van der Waals surface area contributed by atoms with Crippen molar-refractivity contribution in [2.75, 3.05) is 11.9 Å². The summed E-state index contributed by atoms with van der Waals surface area (Å²) >= 11 is 0. The molecule has 2 aromatic carbocycles. The molecule has 0 unspecified atom stereocenters. The number of carbonyl (C=O) groups is 1. The van der Waals surface area contributed by atoms with Gasteiger partial charge in [0.2, 0.25) is 0 Å². The van der Waals surface area contributed by atoms with Crippen molar-refractivity contribution in [3.8, 4) is 11.5 Å². The lowest BCUT2D eigenvalue weighted by Crippen LogP contribution is -2.39. The summed E-state index contributed by atoms with van der Waals surface area (Å²) in [7, 11) is 0. The van der Waals surface area contributed by atoms with E-state index in [0.29, 0.717) is 12.2 Å². The Morgan fingerprint density at radius 3 is 2.92 bits per heavy atom. The van der Waals surface area contributed by atoms with Gasteiger partial charge in [0.15, 0.2) is 0 Å². The monoisotopic (exact) mass is 338 g/mol. The van der Waals surface area contributed by atoms with Crippen molar-refractivity contribution >= 4 is 11.6 Å². The summed E-state index contributed by atoms with van der Waals surface area (Å²) in [5.41, 5.74) is 4.53. The third kappa shape index (κ3) is 2.69. The van der Waals surface area contributed by atoms with Crippen LogP contribution in [0.4, 0.5) is 5.69 Å². The fraction of sp³-hybridized carbons (Fsp3) is 0.350. The molecule has 0 saturated heterocycles. The molecule has 0 aliphatic carbocycles. The van der Waals surface area contributed by atoms with Crippen molar-refractivity contribution in [3.63, 3.8) is 0 Å². The summed E-state index contributed by atoms with van der Waals surface area (Å²) in [6.07, 6.45) is 0.625. The fourth-order valence-electron chi connectivity index (χ4n) is 3.64. The Balaban J connectivity index is 1.77. The number of anilines is 1. The van der Waals surface area contributed by atoms with Crippen LogP contribution in [0.2, 0.25) is 0 Å². The van der Waals surface area contributed by atoms with Crippen molar-refractivity contribution < 1.29 is 14.3 Å². The third-order valence-electron chi connectivity index (χ3n) is 4.69. The normalized spacial score (nSPS) is 20.8. The second-order valence-corrected chi connectivity index (χ2v) is 6.61. The number of aryl methyl sites for hydroxylation is 1. The zero-order valence-electron chi connectivity index (χ0n) is 14.7. The van der Waals surface area contributed by atoms with Gasteiger partial charge in [-0.2, -0.15) is 0 Å². The van der Waals surface area contributed by atoms with Gasteiger partial charge in [0.25, 0.3) is 5.91 Å². The molecular formula is C20H22N2O3. The third-order valence-corrected chi connectivity index (χ3v) is 4.69. The van der Waals surface area contributed by atoms with Crippen molar-refractivity contribution in [3.05, 3.63) is 52.6 Å². The lowest BCUT2D eigenvalue weighted by Gasteiger charge is -2.30. The predicted octanol–water partition coefficient (Wildman–Crippen LogP) is 3.57. The Labute approximate surface area is 147 Å². The number of ether oxygens (including phenoxy) is 2. The summed E-state index contributed by atoms with van der Waals surface area (Å²) in [5.74, 6) is 1.59. The van der Waals surface area contributed by atoms with E-state index in [1.165, 1.54) is 0 Å². The van der Waals surface area contributed by atoms with Gasteiger partial charge in [-0.25, -0.2) is 0 Å². The van der Waals surface area contributed by atoms with Gasteiger partial charge in [-0.15, -0.1) is 0 Å². The largest absolute Gasteiger partial charge is 0.494 e. The number of carbonyl (C=O) groups excluding carboxylic acids is 1. The van der Waals surface area contributed by atoms with E-state index in [0.717, 1.165) is 40.3 Å². The molecule has 0 saturated carbocycles. The van der Waals surface area contributed by atoms with Gasteiger partial charge < -0.3 is 20.1 Å². The van der Waals surface area contributed by atoms with Crippen molar-refractivity contribution in [1.29, 1.82) is 0 Å². The average Bonchev–Trinajstić information content (AvgIpc) is 2.94. The molecule has 1 amide bonds. The average molecular weight is 338 g/mol. The van der Waals surface area contributed by atoms with E-state index < -0.39 is 0 Å². The first-order valence-electron chi connectivity index (χ1n) is 8.70. The van der Waals surface area contributed by atoms with E-state index in [1.54, 1.807) is 0 Å². The van der Waals surface area contributed by atoms with Gasteiger partial charge in [-0.1, -0.05) is 12.1 Å². The van der Waals surface area contributed by atoms with E-state index >= 15 is 0 Å². The van der Waals surface area contributed by atoms with Crippen LogP contribution < -0.4 is 20.1 Å². The van der Waals surface area contributed by atoms with Gasteiger partial charge in [0.1, 0.15) is 23.8 Å². The molecule has 5 nitrogen and oxygen atoms in total. The topological polar surface area (TPSA) is 59.6 Å². The van der Waals surface area contributed by atoms with Crippen LogP contribution in [-0.2, 0) is 6.42 Å². The molecule has 2 aliphatic heterocycles. The lowest BCUT2D eigenvalue weighted by molar-refractivity contribution is 0.0934. The minimum atomic E-state index is -0.346. The van der Waals surface area contributed by atoms with Crippen LogP contribution in [0, 0.1) is 6.92 Å². The van der Waals surface area contributed by atoms with Gasteiger partial charge in [0, 0.05) is 23.2 Å². The first-order valence-corrected chi connectivity index (χ1v) is 8.70. The highest BCUT2D eigenvalue weighted by Gasteiger charge is 2.32. The number of benzene rings is 2. The van der Waals surface area contributed by atoms with Crippen LogP contribution in [0.5, 0.6) is 11.5 Å². The number of hydrogen-bond donors (Lipinski definition) is 2. The standard InChI is InChI=1S/C20H22N2O3/c1-4-24-14-9-13-8-12(3)25-18(13)15(10-14)19-21-16-7-5-6-11(2)17(16)20(23)22-19/h5-7,9-10,12,19,21H,4,8H2,1-3H3,(H,22,23)/t12-,19+/m1/s1. The molecule has 0 radical (unpaired) electrons. The molecular weight excluding hydrogens is 316 g/mol. The summed E-state index contributed by atoms with van der Waals surface area (Å²) in [6, 6.07) is 9.83. The molecule has 25 heavy (non-hydrogen) atoms. The molecule has 2 aliphatic rings. The minimum absolute atomic E-state index is 0.0709. The quantitative estimate of drug-likeness (QED) is 0.898. The second kappa shape index (κ2) is 5.99. The summed E-state index contributed by atoms with van der Waals surface area (Å²) in [5, 5.41) is 6.49. The molecule has 2 N–H and O–H groups in total. The highest BCUT2D eigenvalue weighted by atomic mass is 16.5. The summed E-state index contributed by atoms with van der Waals surface area (Å²) < 4.78 is 11.7. The molecule has 2 aromatic rings. The Morgan fingerprint density at radius 1 is 1.28 bits per heavy atom. The SMILES string of the molecule is CCOc1cc2c(c([C@@H]3NC(=O)c4c(C)cccc4N3)c1)O[C@H](C)C2. The fourth-order valence-corrected chi connectivity index (χ4v) is 3.64. The number of fused-ring (bicyclic) bond motifs is 2. The zero-order valence-corrected chi connectivity index (χ0v) is 14.7. The number of amides is 1. The highest BCUT2D eigenvalue weighted by molar-refractivity contribution is 6.03. The van der Waals surface area contributed by atoms with Crippen LogP contribution in [-0.4, -0.2) is 18.6 Å². The zero-order chi connectivity index (χ0) is 17.6. The summed E-state index contributed by atoms with van der Waals surface area (Å²) in [6.45, 7) is 6.56. The van der Waals surface area contributed by atoms with Crippen LogP contribution in [0.3, 0.4) is 0 Å². The smallest absolute Gasteiger partial charge is 0.255 e. The van der Waals surface area contributed by atoms with E-state index in [2.05, 4.69) is 17.6 Å². The molecule has 0 spiro atoms. The lowest BCUT2D eigenvalue weighted by atomic mass is 9.99. The molecule has 0 bridgehead atoms. The van der Waals surface area contributed by atoms with Crippen molar-refractivity contribution in [1.82, 2.24) is 5.32 Å². The van der Waals surface area contributed by atoms with Gasteiger partial charge >= 0.3 is 0 Å². The maximum atomic E-state index is 12.6. The van der Waals surface area contributed by atoms with E-state index in [9.17, 15) is 4.79 Å². The highest BCUT2D eigenvalue weighted by Crippen LogP contribution is 2.41. The Hall–Kier alpha value is -2.69. The predicted molar refractivity (Wildman–Crippen MR) is 96.4 cm³/mol. The maximum Gasteiger partial charge on any atom is 0.255 e. The second-order valence-electron chi connectivity index (χ2n) is 6.61. The van der Waals surface area contributed by atoms with Crippen LogP contribution in [0.1, 0.15) is 47.1 Å². The van der Waals surface area contributed by atoms with E-state index in [4.69, 9.17) is 9.47 Å². The molecule has 2 atom stereocenters. The number of nitrogens with one attached hydrogen (secondary N) is 2. The molecule has 0 aromatic heterocycles. The molecule has 0 fully saturated rings.